The van der Waals surface area contributed by atoms with Crippen molar-refractivity contribution in [1.29, 1.82) is 0 Å². The number of carbonyl (C=O) groups excluding carboxylic acids is 1. The number of nitrogens with zero attached hydrogens (tertiary/aromatic N) is 3. The number of aryl methyl sites for hydroxylation is 1. The van der Waals surface area contributed by atoms with Gasteiger partial charge in [0.25, 0.3) is 0 Å². The molecule has 5 aromatic rings. The number of fused-ring (bicyclic) bond motifs is 3. The van der Waals surface area contributed by atoms with Crippen LogP contribution in [-0.4, -0.2) is 89.7 Å². The Hall–Kier alpha value is -6.09. The van der Waals surface area contributed by atoms with Crippen molar-refractivity contribution in [2.45, 2.75) is 115 Å². The average Bonchev–Trinajstić information content (AvgIpc) is 3.42. The van der Waals surface area contributed by atoms with Crippen LogP contribution in [0, 0.1) is 24.7 Å². The van der Waals surface area contributed by atoms with Gasteiger partial charge < -0.3 is 43.5 Å². The van der Waals surface area contributed by atoms with E-state index in [2.05, 4.69) is 43.0 Å². The van der Waals surface area contributed by atoms with Gasteiger partial charge in [0, 0.05) is 43.2 Å². The molecule has 3 heterocycles. The van der Waals surface area contributed by atoms with Crippen LogP contribution in [0.15, 0.2) is 139 Å². The number of hydrogen-bond acceptors (Lipinski definition) is 12. The molecule has 4 aromatic carbocycles. The Bertz CT molecular complexity index is 2670. The predicted octanol–water partition coefficient (Wildman–Crippen LogP) is 11.1. The second-order valence-electron chi connectivity index (χ2n) is 19.7. The number of pyridine rings is 1. The van der Waals surface area contributed by atoms with Gasteiger partial charge in [-0.05, 0) is 115 Å². The Balaban J connectivity index is 1.19. The maximum Gasteiger partial charge on any atom is 0.410 e. The quantitative estimate of drug-likeness (QED) is 0.0345. The van der Waals surface area contributed by atoms with Crippen molar-refractivity contribution in [3.63, 3.8) is 0 Å². The molecule has 0 bridgehead atoms. The number of carbonyl (C=O) groups is 1. The first kappa shape index (κ1) is 51.8. The molecule has 1 saturated carbocycles. The summed E-state index contributed by atoms with van der Waals surface area (Å²) >= 11 is 0. The standard InChI is InChI=1S/C60H71N3O10/c1-3-32-71-60-55(63(39-46-23-16-22-44-20-7-8-25-49(44)46)59(66)69-35-34-67-40-43-18-5-4-6-19-43)38-53(62-73-56-27-11-14-33-68-56)51-36-45(21-9-12-30-64)50(26-10-13-31-65)57(58(51)60)52-37-48(28-29-54(52)72-60)70-41-47-24-15-17-42(2)61-47/h3-8,15-20,22-25,28-29,36-37,45,50,55-58,64-65H,1,9-14,21,26-27,30-35,38-41H2,2H3. The van der Waals surface area contributed by atoms with Crippen LogP contribution >= 0.6 is 0 Å². The molecular weight excluding hydrogens is 923 g/mol. The number of oxime groups is 1. The van der Waals surface area contributed by atoms with Crippen molar-refractivity contribution in [1.82, 2.24) is 9.88 Å². The van der Waals surface area contributed by atoms with Gasteiger partial charge in [0.1, 0.15) is 30.8 Å². The summed E-state index contributed by atoms with van der Waals surface area (Å²) in [5.41, 5.74) is 6.25. The van der Waals surface area contributed by atoms with Crippen LogP contribution in [-0.2, 0) is 43.5 Å². The molecule has 9 rings (SSSR count). The molecule has 1 saturated heterocycles. The van der Waals surface area contributed by atoms with Gasteiger partial charge in [0.15, 0.2) is 0 Å². The minimum Gasteiger partial charge on any atom is -0.487 e. The largest absolute Gasteiger partial charge is 0.487 e. The van der Waals surface area contributed by atoms with Crippen LogP contribution in [0.5, 0.6) is 11.5 Å². The first-order valence-electron chi connectivity index (χ1n) is 26.3. The molecule has 2 fully saturated rings. The third-order valence-corrected chi connectivity index (χ3v) is 14.8. The number of ether oxygens (including phenoxy) is 6. The minimum atomic E-state index is -1.51. The summed E-state index contributed by atoms with van der Waals surface area (Å²) in [6, 6.07) is 35.3. The highest BCUT2D eigenvalue weighted by Crippen LogP contribution is 2.62. The van der Waals surface area contributed by atoms with Crippen LogP contribution in [0.2, 0.25) is 0 Å². The number of aliphatic hydroxyl groups is 2. The summed E-state index contributed by atoms with van der Waals surface area (Å²) in [4.78, 5) is 28.2. The van der Waals surface area contributed by atoms with Crippen LogP contribution < -0.4 is 9.47 Å². The van der Waals surface area contributed by atoms with Gasteiger partial charge in [-0.3, -0.25) is 9.88 Å². The molecule has 73 heavy (non-hydrogen) atoms. The molecule has 2 N–H and O–H groups in total. The Labute approximate surface area is 429 Å². The summed E-state index contributed by atoms with van der Waals surface area (Å²) in [6.45, 7) is 7.98. The van der Waals surface area contributed by atoms with E-state index in [-0.39, 0.29) is 70.4 Å². The number of amides is 1. The van der Waals surface area contributed by atoms with E-state index in [1.54, 1.807) is 11.0 Å². The molecule has 2 aliphatic carbocycles. The van der Waals surface area contributed by atoms with Crippen molar-refractivity contribution < 1.29 is 48.3 Å². The zero-order valence-corrected chi connectivity index (χ0v) is 42.2. The van der Waals surface area contributed by atoms with E-state index < -0.39 is 30.1 Å². The van der Waals surface area contributed by atoms with Gasteiger partial charge in [-0.2, -0.15) is 0 Å². The number of aliphatic hydroxyl groups excluding tert-OH is 2. The fourth-order valence-electron chi connectivity index (χ4n) is 11.4. The summed E-state index contributed by atoms with van der Waals surface area (Å²) in [7, 11) is 0. The van der Waals surface area contributed by atoms with Crippen molar-refractivity contribution in [3.05, 3.63) is 162 Å². The molecule has 386 valence electrons. The fraction of sp³-hybridized carbons (Fsp3) is 0.450. The molecule has 7 atom stereocenters. The maximum absolute atomic E-state index is 15.3. The second kappa shape index (κ2) is 25.2. The van der Waals surface area contributed by atoms with Gasteiger partial charge in [0.05, 0.1) is 50.3 Å². The molecule has 7 unspecified atom stereocenters. The van der Waals surface area contributed by atoms with Crippen LogP contribution in [0.3, 0.4) is 0 Å². The highest BCUT2D eigenvalue weighted by molar-refractivity contribution is 6.03. The van der Waals surface area contributed by atoms with Gasteiger partial charge in [-0.25, -0.2) is 4.79 Å². The molecule has 4 aliphatic rings. The number of rotatable bonds is 24. The fourth-order valence-corrected chi connectivity index (χ4v) is 11.4. The molecule has 0 radical (unpaired) electrons. The molecular formula is C60H71N3O10. The van der Waals surface area contributed by atoms with Crippen LogP contribution in [0.4, 0.5) is 4.79 Å². The van der Waals surface area contributed by atoms with Crippen LogP contribution in [0.25, 0.3) is 10.8 Å². The lowest BCUT2D eigenvalue weighted by Gasteiger charge is -2.60. The Morgan fingerprint density at radius 3 is 2.52 bits per heavy atom. The van der Waals surface area contributed by atoms with Gasteiger partial charge >= 0.3 is 6.09 Å². The Morgan fingerprint density at radius 1 is 0.904 bits per heavy atom. The van der Waals surface area contributed by atoms with Gasteiger partial charge in [0.2, 0.25) is 12.1 Å². The van der Waals surface area contributed by atoms with E-state index in [1.165, 1.54) is 0 Å². The van der Waals surface area contributed by atoms with Crippen molar-refractivity contribution in [3.8, 4) is 11.5 Å². The summed E-state index contributed by atoms with van der Waals surface area (Å²) in [5, 5.41) is 27.3. The van der Waals surface area contributed by atoms with E-state index in [9.17, 15) is 10.2 Å². The summed E-state index contributed by atoms with van der Waals surface area (Å²) < 4.78 is 39.8. The lowest BCUT2D eigenvalue weighted by Crippen LogP contribution is -2.70. The maximum atomic E-state index is 15.3. The van der Waals surface area contributed by atoms with E-state index in [1.807, 2.05) is 85.8 Å². The van der Waals surface area contributed by atoms with E-state index >= 15 is 4.79 Å². The van der Waals surface area contributed by atoms with Crippen molar-refractivity contribution >= 4 is 22.6 Å². The molecule has 1 aromatic heterocycles. The van der Waals surface area contributed by atoms with E-state index in [4.69, 9.17) is 43.4 Å². The monoisotopic (exact) mass is 994 g/mol. The first-order valence-corrected chi connectivity index (χ1v) is 26.3. The lowest BCUT2D eigenvalue weighted by molar-refractivity contribution is -0.256. The normalized spacial score (nSPS) is 23.7. The summed E-state index contributed by atoms with van der Waals surface area (Å²) in [6.07, 6.45) is 10.3. The second-order valence-corrected chi connectivity index (χ2v) is 19.7. The van der Waals surface area contributed by atoms with Crippen molar-refractivity contribution in [2.75, 3.05) is 39.6 Å². The SMILES string of the molecule is C=CCOC12Oc3ccc(OCc4cccc(C)n4)cc3C3C(CCCCO)C(CCCCO)C=C(C(=NOC4CCCCO4)CC1N(Cc1cccc4ccccc14)C(=O)OCCOCc1ccccc1)C32. The number of allylic oxidation sites excluding steroid dienone is 1. The highest BCUT2D eigenvalue weighted by Gasteiger charge is 2.66. The van der Waals surface area contributed by atoms with E-state index in [0.29, 0.717) is 49.7 Å². The smallest absolute Gasteiger partial charge is 0.410 e. The molecule has 0 spiro atoms. The van der Waals surface area contributed by atoms with Gasteiger partial charge in [-0.1, -0.05) is 109 Å². The number of aromatic nitrogens is 1. The zero-order valence-electron chi connectivity index (χ0n) is 42.2. The topological polar surface area (TPSA) is 151 Å². The van der Waals surface area contributed by atoms with Crippen molar-refractivity contribution in [2.24, 2.45) is 22.9 Å². The Kier molecular flexibility index (Phi) is 17.9. The zero-order chi connectivity index (χ0) is 50.4. The highest BCUT2D eigenvalue weighted by atomic mass is 16.8. The lowest BCUT2D eigenvalue weighted by atomic mass is 9.55. The molecule has 13 heteroatoms. The summed E-state index contributed by atoms with van der Waals surface area (Å²) in [5.74, 6) is -0.943. The Morgan fingerprint density at radius 2 is 1.71 bits per heavy atom. The average molecular weight is 994 g/mol. The third kappa shape index (κ3) is 12.3. The number of unbranched alkanes of at least 4 members (excludes halogenated alkanes) is 2. The van der Waals surface area contributed by atoms with Gasteiger partial charge in [-0.15, -0.1) is 6.58 Å². The molecule has 13 nitrogen and oxygen atoms in total. The number of benzene rings is 4. The minimum absolute atomic E-state index is 0.0121. The van der Waals surface area contributed by atoms with E-state index in [0.717, 1.165) is 82.9 Å². The third-order valence-electron chi connectivity index (χ3n) is 14.8. The molecule has 1 amide bonds. The molecule has 2 aliphatic heterocycles. The van der Waals surface area contributed by atoms with Crippen LogP contribution in [0.1, 0.15) is 98.2 Å². The number of hydrogen-bond donors (Lipinski definition) is 2. The predicted molar refractivity (Wildman–Crippen MR) is 280 cm³/mol. The first-order chi connectivity index (χ1) is 35.9.